The van der Waals surface area contributed by atoms with Gasteiger partial charge in [0, 0.05) is 12.1 Å². The van der Waals surface area contributed by atoms with Gasteiger partial charge in [0.05, 0.1) is 4.47 Å². The number of rotatable bonds is 2. The first-order chi connectivity index (χ1) is 6.27. The molecule has 1 aliphatic rings. The van der Waals surface area contributed by atoms with Gasteiger partial charge in [-0.15, -0.1) is 0 Å². The van der Waals surface area contributed by atoms with E-state index < -0.39 is 0 Å². The highest BCUT2D eigenvalue weighted by molar-refractivity contribution is 9.10. The number of halogens is 2. The lowest BCUT2D eigenvalue weighted by Crippen LogP contribution is -2.36. The zero-order valence-electron chi connectivity index (χ0n) is 7.26. The van der Waals surface area contributed by atoms with Gasteiger partial charge < -0.3 is 0 Å². The van der Waals surface area contributed by atoms with Gasteiger partial charge in [-0.2, -0.15) is 0 Å². The highest BCUT2D eigenvalue weighted by Gasteiger charge is 2.16. The van der Waals surface area contributed by atoms with Crippen LogP contribution in [0, 0.1) is 5.82 Å². The quantitative estimate of drug-likeness (QED) is 0.773. The van der Waals surface area contributed by atoms with Crippen LogP contribution in [0.5, 0.6) is 0 Å². The number of likely N-dealkylation sites (tertiary alicyclic amines) is 1. The van der Waals surface area contributed by atoms with Crippen LogP contribution < -0.4 is 0 Å². The smallest absolute Gasteiger partial charge is 0.141 e. The summed E-state index contributed by atoms with van der Waals surface area (Å²) in [5.41, 5.74) is 0.786. The van der Waals surface area contributed by atoms with E-state index in [1.165, 1.54) is 6.42 Å². The Morgan fingerprint density at radius 2 is 2.15 bits per heavy atom. The van der Waals surface area contributed by atoms with Gasteiger partial charge in [0.1, 0.15) is 5.82 Å². The second-order valence-corrected chi connectivity index (χ2v) is 4.20. The Morgan fingerprint density at radius 1 is 1.38 bits per heavy atom. The average Bonchev–Trinajstić information content (AvgIpc) is 2.04. The third-order valence-electron chi connectivity index (χ3n) is 2.37. The lowest BCUT2D eigenvalue weighted by atomic mass is 10.1. The van der Waals surface area contributed by atoms with E-state index in [9.17, 15) is 4.39 Å². The Morgan fingerprint density at radius 3 is 2.77 bits per heavy atom. The van der Waals surface area contributed by atoms with Crippen LogP contribution in [0.2, 0.25) is 0 Å². The lowest BCUT2D eigenvalue weighted by molar-refractivity contribution is 0.170. The summed E-state index contributed by atoms with van der Waals surface area (Å²) in [6.07, 6.45) is 1.25. The number of nitrogens with zero attached hydrogens (tertiary/aromatic N) is 1. The normalized spacial score (nSPS) is 17.1. The van der Waals surface area contributed by atoms with Crippen molar-refractivity contribution in [2.45, 2.75) is 13.0 Å². The van der Waals surface area contributed by atoms with Crippen LogP contribution in [-0.4, -0.2) is 18.0 Å². The van der Waals surface area contributed by atoms with Gasteiger partial charge in [0.15, 0.2) is 0 Å². The minimum Gasteiger partial charge on any atom is -0.299 e. The molecular formula is C10H11BrFN. The van der Waals surface area contributed by atoms with Gasteiger partial charge in [-0.25, -0.2) is 4.39 Å². The summed E-state index contributed by atoms with van der Waals surface area (Å²) in [4.78, 5) is 2.24. The molecule has 0 aliphatic carbocycles. The first-order valence-corrected chi connectivity index (χ1v) is 5.22. The fourth-order valence-corrected chi connectivity index (χ4v) is 1.86. The molecule has 1 saturated heterocycles. The molecule has 1 aromatic carbocycles. The molecule has 0 saturated carbocycles. The molecule has 0 N–H and O–H groups in total. The van der Waals surface area contributed by atoms with Crippen molar-refractivity contribution in [3.05, 3.63) is 34.1 Å². The first kappa shape index (κ1) is 9.16. The van der Waals surface area contributed by atoms with Gasteiger partial charge >= 0.3 is 0 Å². The largest absolute Gasteiger partial charge is 0.299 e. The molecule has 1 nitrogen and oxygen atoms in total. The topological polar surface area (TPSA) is 3.24 Å². The van der Waals surface area contributed by atoms with Crippen molar-refractivity contribution in [1.29, 1.82) is 0 Å². The molecule has 0 radical (unpaired) electrons. The molecule has 13 heavy (non-hydrogen) atoms. The maximum Gasteiger partial charge on any atom is 0.141 e. The molecule has 0 unspecified atom stereocenters. The fraction of sp³-hybridized carbons (Fsp3) is 0.400. The van der Waals surface area contributed by atoms with Crippen LogP contribution in [0.1, 0.15) is 12.0 Å². The van der Waals surface area contributed by atoms with Gasteiger partial charge in [0.2, 0.25) is 0 Å². The second kappa shape index (κ2) is 3.76. The maximum atomic E-state index is 13.4. The molecule has 1 aliphatic heterocycles. The Hall–Kier alpha value is -0.410. The van der Waals surface area contributed by atoms with Crippen molar-refractivity contribution >= 4 is 15.9 Å². The summed E-state index contributed by atoms with van der Waals surface area (Å²) in [7, 11) is 0. The second-order valence-electron chi connectivity index (χ2n) is 3.34. The Labute approximate surface area is 85.7 Å². The summed E-state index contributed by atoms with van der Waals surface area (Å²) in [5.74, 6) is -0.116. The molecule has 0 spiro atoms. The predicted octanol–water partition coefficient (Wildman–Crippen LogP) is 2.79. The fourth-order valence-electron chi connectivity index (χ4n) is 1.45. The summed E-state index contributed by atoms with van der Waals surface area (Å²) in [6.45, 7) is 2.95. The molecule has 0 atom stereocenters. The zero-order valence-corrected chi connectivity index (χ0v) is 8.85. The summed E-state index contributed by atoms with van der Waals surface area (Å²) >= 11 is 3.18. The number of hydrogen-bond donors (Lipinski definition) is 0. The molecule has 70 valence electrons. The van der Waals surface area contributed by atoms with E-state index in [0.717, 1.165) is 25.2 Å². The summed E-state index contributed by atoms with van der Waals surface area (Å²) in [6, 6.07) is 5.45. The van der Waals surface area contributed by atoms with Crippen LogP contribution >= 0.6 is 15.9 Å². The molecule has 0 aromatic heterocycles. The van der Waals surface area contributed by atoms with E-state index in [1.54, 1.807) is 6.07 Å². The van der Waals surface area contributed by atoms with Crippen LogP contribution in [-0.2, 0) is 6.54 Å². The lowest BCUT2D eigenvalue weighted by Gasteiger charge is -2.30. The molecular weight excluding hydrogens is 233 g/mol. The Balaban J connectivity index is 2.14. The minimum absolute atomic E-state index is 0.116. The third kappa shape index (κ3) is 1.92. The van der Waals surface area contributed by atoms with Crippen LogP contribution in [0.3, 0.4) is 0 Å². The molecule has 1 fully saturated rings. The monoisotopic (exact) mass is 243 g/mol. The number of benzene rings is 1. The Kier molecular flexibility index (Phi) is 2.65. The number of hydrogen-bond acceptors (Lipinski definition) is 1. The standard InChI is InChI=1S/C10H11BrFN/c11-9-4-1-3-8(10(9)12)7-13-5-2-6-13/h1,3-4H,2,5-7H2. The maximum absolute atomic E-state index is 13.4. The van der Waals surface area contributed by atoms with Crippen molar-refractivity contribution in [2.24, 2.45) is 0 Å². The molecule has 0 amide bonds. The van der Waals surface area contributed by atoms with Crippen LogP contribution in [0.4, 0.5) is 4.39 Å². The van der Waals surface area contributed by atoms with Gasteiger partial charge in [-0.3, -0.25) is 4.90 Å². The van der Waals surface area contributed by atoms with E-state index in [0.29, 0.717) is 4.47 Å². The molecule has 3 heteroatoms. The average molecular weight is 244 g/mol. The van der Waals surface area contributed by atoms with E-state index in [4.69, 9.17) is 0 Å². The SMILES string of the molecule is Fc1c(Br)cccc1CN1CCC1. The highest BCUT2D eigenvalue weighted by atomic mass is 79.9. The molecule has 0 bridgehead atoms. The minimum atomic E-state index is -0.116. The Bertz CT molecular complexity index is 310. The van der Waals surface area contributed by atoms with Gasteiger partial charge in [0.25, 0.3) is 0 Å². The first-order valence-electron chi connectivity index (χ1n) is 4.42. The third-order valence-corrected chi connectivity index (χ3v) is 2.99. The highest BCUT2D eigenvalue weighted by Crippen LogP contribution is 2.21. The van der Waals surface area contributed by atoms with E-state index in [2.05, 4.69) is 20.8 Å². The predicted molar refractivity (Wildman–Crippen MR) is 54.0 cm³/mol. The van der Waals surface area contributed by atoms with Crippen molar-refractivity contribution in [2.75, 3.05) is 13.1 Å². The van der Waals surface area contributed by atoms with E-state index in [1.807, 2.05) is 12.1 Å². The van der Waals surface area contributed by atoms with Crippen molar-refractivity contribution in [1.82, 2.24) is 4.90 Å². The van der Waals surface area contributed by atoms with Crippen LogP contribution in [0.25, 0.3) is 0 Å². The molecule has 1 aromatic rings. The van der Waals surface area contributed by atoms with Crippen LogP contribution in [0.15, 0.2) is 22.7 Å². The van der Waals surface area contributed by atoms with Crippen molar-refractivity contribution < 1.29 is 4.39 Å². The summed E-state index contributed by atoms with van der Waals surface area (Å²) < 4.78 is 14.0. The van der Waals surface area contributed by atoms with Gasteiger partial charge in [-0.1, -0.05) is 12.1 Å². The van der Waals surface area contributed by atoms with Crippen molar-refractivity contribution in [3.63, 3.8) is 0 Å². The van der Waals surface area contributed by atoms with Gasteiger partial charge in [-0.05, 0) is 41.5 Å². The van der Waals surface area contributed by atoms with Crippen molar-refractivity contribution in [3.8, 4) is 0 Å². The molecule has 1 heterocycles. The van der Waals surface area contributed by atoms with E-state index >= 15 is 0 Å². The molecule has 2 rings (SSSR count). The van der Waals surface area contributed by atoms with E-state index in [-0.39, 0.29) is 5.82 Å². The zero-order chi connectivity index (χ0) is 9.26. The summed E-state index contributed by atoms with van der Waals surface area (Å²) in [5, 5.41) is 0.